The van der Waals surface area contributed by atoms with Crippen LogP contribution in [0.15, 0.2) is 0 Å². The molecule has 2 aliphatic heterocycles. The summed E-state index contributed by atoms with van der Waals surface area (Å²) in [5.41, 5.74) is -1.16. The van der Waals surface area contributed by atoms with Gasteiger partial charge in [0.2, 0.25) is 23.6 Å². The lowest BCUT2D eigenvalue weighted by molar-refractivity contribution is -0.149. The maximum Gasteiger partial charge on any atom is 0.220 e. The first-order valence-electron chi connectivity index (χ1n) is 15.5. The van der Waals surface area contributed by atoms with Crippen LogP contribution in [0.2, 0.25) is 0 Å². The van der Waals surface area contributed by atoms with E-state index in [2.05, 4.69) is 66.0 Å². The number of hydrogen-bond acceptors (Lipinski definition) is 4. The third kappa shape index (κ3) is 9.20. The standard InChI is InChI=1S/C32H58N4O4/c1-23(37)35-29(3,4)19-25(20-30(35,5)6)33-27(39)17-15-13-11-12-14-16-18-28(40)34-26-21-31(7,8)36(24(2)38)32(9,10)22-26/h25-26H,11-22H2,1-10H3,(H,33,39)(H,34,40). The third-order valence-corrected chi connectivity index (χ3v) is 8.82. The summed E-state index contributed by atoms with van der Waals surface area (Å²) in [6.45, 7) is 19.9. The number of amides is 4. The number of rotatable bonds is 11. The highest BCUT2D eigenvalue weighted by atomic mass is 16.2. The number of nitrogens with one attached hydrogen (secondary N) is 2. The predicted molar refractivity (Wildman–Crippen MR) is 161 cm³/mol. The van der Waals surface area contributed by atoms with Crippen molar-refractivity contribution in [2.45, 2.75) is 181 Å². The van der Waals surface area contributed by atoms with Gasteiger partial charge in [-0.25, -0.2) is 0 Å². The van der Waals surface area contributed by atoms with Crippen LogP contribution in [-0.4, -0.2) is 67.7 Å². The Balaban J connectivity index is 1.60. The van der Waals surface area contributed by atoms with Gasteiger partial charge in [-0.05, 0) is 93.9 Å². The van der Waals surface area contributed by atoms with E-state index in [4.69, 9.17) is 0 Å². The van der Waals surface area contributed by atoms with E-state index < -0.39 is 0 Å². The number of unbranched alkanes of at least 4 members (excludes halogenated alkanes) is 5. The number of carbonyl (C=O) groups excluding carboxylic acids is 4. The summed E-state index contributed by atoms with van der Waals surface area (Å²) < 4.78 is 0. The molecule has 40 heavy (non-hydrogen) atoms. The summed E-state index contributed by atoms with van der Waals surface area (Å²) in [6, 6.07) is 0.163. The lowest BCUT2D eigenvalue weighted by atomic mass is 9.76. The van der Waals surface area contributed by atoms with Crippen molar-refractivity contribution in [1.29, 1.82) is 0 Å². The molecule has 2 N–H and O–H groups in total. The summed E-state index contributed by atoms with van der Waals surface area (Å²) in [7, 11) is 0. The van der Waals surface area contributed by atoms with Gasteiger partial charge in [-0.2, -0.15) is 0 Å². The van der Waals surface area contributed by atoms with E-state index in [0.717, 1.165) is 64.2 Å². The minimum absolute atomic E-state index is 0.0815. The average Bonchev–Trinajstić information content (AvgIpc) is 2.70. The highest BCUT2D eigenvalue weighted by molar-refractivity contribution is 5.78. The minimum atomic E-state index is -0.289. The molecule has 2 rings (SSSR count). The zero-order valence-electron chi connectivity index (χ0n) is 27.2. The Morgan fingerprint density at radius 2 is 0.775 bits per heavy atom. The second-order valence-electron chi connectivity index (χ2n) is 14.9. The van der Waals surface area contributed by atoms with Crippen LogP contribution >= 0.6 is 0 Å². The first kappa shape index (κ1) is 34.1. The summed E-state index contributed by atoms with van der Waals surface area (Å²) in [6.07, 6.45) is 10.0. The zero-order chi connectivity index (χ0) is 30.5. The molecular weight excluding hydrogens is 504 g/mol. The maximum absolute atomic E-state index is 12.6. The van der Waals surface area contributed by atoms with Gasteiger partial charge in [0.15, 0.2) is 0 Å². The zero-order valence-corrected chi connectivity index (χ0v) is 27.2. The van der Waals surface area contributed by atoms with Gasteiger partial charge in [0.25, 0.3) is 0 Å². The highest BCUT2D eigenvalue weighted by Gasteiger charge is 2.48. The Morgan fingerprint density at radius 3 is 1.02 bits per heavy atom. The fourth-order valence-corrected chi connectivity index (χ4v) is 8.35. The molecule has 2 aliphatic rings. The van der Waals surface area contributed by atoms with Crippen LogP contribution in [0.25, 0.3) is 0 Å². The van der Waals surface area contributed by atoms with E-state index in [1.165, 1.54) is 0 Å². The molecule has 0 saturated carbocycles. The molecule has 8 heteroatoms. The molecule has 0 aromatic carbocycles. The number of hydrogen-bond donors (Lipinski definition) is 2. The summed E-state index contributed by atoms with van der Waals surface area (Å²) in [4.78, 5) is 53.6. The molecule has 0 aromatic rings. The van der Waals surface area contributed by atoms with Gasteiger partial charge in [-0.15, -0.1) is 0 Å². The molecule has 0 unspecified atom stereocenters. The van der Waals surface area contributed by atoms with Crippen molar-refractivity contribution in [2.24, 2.45) is 0 Å². The fraction of sp³-hybridized carbons (Fsp3) is 0.875. The summed E-state index contributed by atoms with van der Waals surface area (Å²) in [5, 5.41) is 6.45. The molecule has 2 heterocycles. The van der Waals surface area contributed by atoms with E-state index in [-0.39, 0.29) is 57.9 Å². The van der Waals surface area contributed by atoms with E-state index in [1.54, 1.807) is 13.8 Å². The topological polar surface area (TPSA) is 98.8 Å². The smallest absolute Gasteiger partial charge is 0.220 e. The average molecular weight is 563 g/mol. The van der Waals surface area contributed by atoms with Crippen molar-refractivity contribution in [2.75, 3.05) is 0 Å². The second kappa shape index (κ2) is 13.2. The maximum atomic E-state index is 12.6. The Morgan fingerprint density at radius 1 is 0.525 bits per heavy atom. The van der Waals surface area contributed by atoms with E-state index in [0.29, 0.717) is 12.8 Å². The van der Waals surface area contributed by atoms with E-state index in [1.807, 2.05) is 9.80 Å². The molecule has 0 radical (unpaired) electrons. The van der Waals surface area contributed by atoms with Gasteiger partial charge < -0.3 is 20.4 Å². The predicted octanol–water partition coefficient (Wildman–Crippen LogP) is 5.48. The molecule has 2 saturated heterocycles. The van der Waals surface area contributed by atoms with E-state index >= 15 is 0 Å². The van der Waals surface area contributed by atoms with Crippen molar-refractivity contribution >= 4 is 23.6 Å². The van der Waals surface area contributed by atoms with E-state index in [9.17, 15) is 19.2 Å². The van der Waals surface area contributed by atoms with Gasteiger partial charge in [0.1, 0.15) is 0 Å². The van der Waals surface area contributed by atoms with Crippen LogP contribution in [-0.2, 0) is 19.2 Å². The molecule has 0 atom stereocenters. The first-order chi connectivity index (χ1) is 18.3. The van der Waals surface area contributed by atoms with Gasteiger partial charge >= 0.3 is 0 Å². The van der Waals surface area contributed by atoms with Crippen LogP contribution < -0.4 is 10.6 Å². The quantitative estimate of drug-likeness (QED) is 0.326. The molecule has 230 valence electrons. The van der Waals surface area contributed by atoms with Crippen LogP contribution in [0.5, 0.6) is 0 Å². The lowest BCUT2D eigenvalue weighted by Crippen LogP contribution is -2.65. The molecule has 4 amide bonds. The minimum Gasteiger partial charge on any atom is -0.353 e. The Kier molecular flexibility index (Phi) is 11.3. The van der Waals surface area contributed by atoms with Crippen molar-refractivity contribution in [3.8, 4) is 0 Å². The number of nitrogens with zero attached hydrogens (tertiary/aromatic N) is 2. The molecule has 0 aromatic heterocycles. The van der Waals surface area contributed by atoms with Crippen LogP contribution in [0.1, 0.15) is 146 Å². The highest BCUT2D eigenvalue weighted by Crippen LogP contribution is 2.39. The Labute approximate surface area is 243 Å². The molecule has 0 spiro atoms. The Bertz CT molecular complexity index is 814. The lowest BCUT2D eigenvalue weighted by Gasteiger charge is -2.55. The van der Waals surface area contributed by atoms with Gasteiger partial charge in [-0.1, -0.05) is 25.7 Å². The van der Waals surface area contributed by atoms with Gasteiger partial charge in [0.05, 0.1) is 0 Å². The molecule has 0 aliphatic carbocycles. The van der Waals surface area contributed by atoms with Crippen LogP contribution in [0.3, 0.4) is 0 Å². The number of carbonyl (C=O) groups is 4. The molecule has 2 fully saturated rings. The monoisotopic (exact) mass is 562 g/mol. The SMILES string of the molecule is CC(=O)N1C(C)(C)CC(NC(=O)CCCCCCCCC(=O)NC2CC(C)(C)N(C(C)=O)C(C)(C)C2)CC1(C)C. The molecule has 0 bridgehead atoms. The van der Waals surface area contributed by atoms with Crippen LogP contribution in [0.4, 0.5) is 0 Å². The Hall–Kier alpha value is -2.12. The van der Waals surface area contributed by atoms with Crippen molar-refractivity contribution in [1.82, 2.24) is 20.4 Å². The fourth-order valence-electron chi connectivity index (χ4n) is 8.35. The summed E-state index contributed by atoms with van der Waals surface area (Å²) >= 11 is 0. The summed E-state index contributed by atoms with van der Waals surface area (Å²) in [5.74, 6) is 0.370. The first-order valence-corrected chi connectivity index (χ1v) is 15.5. The molecular formula is C32H58N4O4. The van der Waals surface area contributed by atoms with Crippen LogP contribution in [0, 0.1) is 0 Å². The molecule has 8 nitrogen and oxygen atoms in total. The second-order valence-corrected chi connectivity index (χ2v) is 14.9. The van der Waals surface area contributed by atoms with Gasteiger partial charge in [-0.3, -0.25) is 19.2 Å². The van der Waals surface area contributed by atoms with Crippen molar-refractivity contribution in [3.63, 3.8) is 0 Å². The largest absolute Gasteiger partial charge is 0.353 e. The van der Waals surface area contributed by atoms with Gasteiger partial charge in [0, 0.05) is 60.9 Å². The third-order valence-electron chi connectivity index (χ3n) is 8.82. The number of piperidine rings is 2. The number of likely N-dealkylation sites (tertiary alicyclic amines) is 2. The normalized spacial score (nSPS) is 22.1. The van der Waals surface area contributed by atoms with Crippen molar-refractivity contribution in [3.05, 3.63) is 0 Å². The van der Waals surface area contributed by atoms with Crippen molar-refractivity contribution < 1.29 is 19.2 Å².